The van der Waals surface area contributed by atoms with Crippen molar-refractivity contribution in [2.75, 3.05) is 31.1 Å². The smallest absolute Gasteiger partial charge is 0.433 e. The molecule has 0 bridgehead atoms. The molecule has 2 aliphatic heterocycles. The summed E-state index contributed by atoms with van der Waals surface area (Å²) >= 11 is 0. The van der Waals surface area contributed by atoms with Crippen LogP contribution in [0, 0.1) is 11.3 Å². The van der Waals surface area contributed by atoms with Crippen molar-refractivity contribution in [3.8, 4) is 6.07 Å². The highest BCUT2D eigenvalue weighted by Crippen LogP contribution is 2.39. The number of hydrogen-bond donors (Lipinski definition) is 1. The Hall–Kier alpha value is -3.21. The van der Waals surface area contributed by atoms with Crippen LogP contribution >= 0.6 is 0 Å². The molecule has 2 saturated heterocycles. The third-order valence-electron chi connectivity index (χ3n) is 5.44. The third-order valence-corrected chi connectivity index (χ3v) is 5.44. The number of nitrogens with zero attached hydrogens (tertiary/aromatic N) is 4. The van der Waals surface area contributed by atoms with Gasteiger partial charge >= 0.3 is 18.4 Å². The maximum Gasteiger partial charge on any atom is 0.433 e. The largest absolute Gasteiger partial charge is 0.465 e. The van der Waals surface area contributed by atoms with Gasteiger partial charge in [0.05, 0.1) is 23.7 Å². The lowest BCUT2D eigenvalue weighted by atomic mass is 10.1. The van der Waals surface area contributed by atoms with Gasteiger partial charge in [-0.2, -0.15) is 31.6 Å². The van der Waals surface area contributed by atoms with E-state index in [0.717, 1.165) is 17.0 Å². The summed E-state index contributed by atoms with van der Waals surface area (Å²) in [5, 5.41) is 18.0. The van der Waals surface area contributed by atoms with Crippen LogP contribution in [0.15, 0.2) is 18.2 Å². The number of halogens is 6. The zero-order valence-electron chi connectivity index (χ0n) is 17.0. The minimum atomic E-state index is -5.03. The van der Waals surface area contributed by atoms with E-state index in [4.69, 9.17) is 15.1 Å². The molecule has 0 saturated carbocycles. The maximum atomic E-state index is 13.6. The Morgan fingerprint density at radius 1 is 1.15 bits per heavy atom. The molecular weight excluding hydrogens is 462 g/mol. The van der Waals surface area contributed by atoms with Gasteiger partial charge in [-0.15, -0.1) is 0 Å². The molecule has 2 aliphatic rings. The van der Waals surface area contributed by atoms with Crippen molar-refractivity contribution in [3.63, 3.8) is 0 Å². The minimum Gasteiger partial charge on any atom is -0.465 e. The lowest BCUT2D eigenvalue weighted by Crippen LogP contribution is -2.57. The van der Waals surface area contributed by atoms with E-state index >= 15 is 0 Å². The number of ether oxygens (including phenoxy) is 1. The number of benzene rings is 1. The summed E-state index contributed by atoms with van der Waals surface area (Å²) in [6, 6.07) is 2.84. The van der Waals surface area contributed by atoms with Crippen molar-refractivity contribution in [1.29, 1.82) is 5.26 Å². The van der Waals surface area contributed by atoms with Crippen LogP contribution in [-0.2, 0) is 15.7 Å². The molecule has 0 aliphatic carbocycles. The standard InChI is InChI=1S/C19H18F6N4O4/c1-10-8-27(4-5-28(10)17(31)32)15(30)14-9-29(16(33-14)19(23,24)25)12-3-2-11(7-26)13(6-12)18(20,21)22/h2-3,6,10,14,16H,4-5,8-9H2,1H3,(H,31,32)/t10?,14-,16+/m0/s1. The summed E-state index contributed by atoms with van der Waals surface area (Å²) in [5.74, 6) is -0.826. The fraction of sp³-hybridized carbons (Fsp3) is 0.526. The monoisotopic (exact) mass is 480 g/mol. The predicted molar refractivity (Wildman–Crippen MR) is 99.0 cm³/mol. The van der Waals surface area contributed by atoms with Crippen LogP contribution in [0.25, 0.3) is 0 Å². The molecule has 8 nitrogen and oxygen atoms in total. The first-order valence-corrected chi connectivity index (χ1v) is 9.62. The molecule has 1 unspecified atom stereocenters. The number of piperazine rings is 1. The number of hydrogen-bond acceptors (Lipinski definition) is 5. The fourth-order valence-corrected chi connectivity index (χ4v) is 3.87. The maximum absolute atomic E-state index is 13.6. The summed E-state index contributed by atoms with van der Waals surface area (Å²) in [4.78, 5) is 26.7. The number of amides is 2. The van der Waals surface area contributed by atoms with E-state index in [2.05, 4.69) is 0 Å². The highest BCUT2D eigenvalue weighted by molar-refractivity contribution is 5.83. The quantitative estimate of drug-likeness (QED) is 0.654. The Kier molecular flexibility index (Phi) is 6.38. The molecule has 2 amide bonds. The first kappa shape index (κ1) is 24.4. The van der Waals surface area contributed by atoms with Crippen LogP contribution in [0.2, 0.25) is 0 Å². The van der Waals surface area contributed by atoms with E-state index in [1.165, 1.54) is 17.9 Å². The molecule has 1 aromatic rings. The second-order valence-corrected chi connectivity index (χ2v) is 7.62. The molecule has 2 fully saturated rings. The predicted octanol–water partition coefficient (Wildman–Crippen LogP) is 2.88. The lowest BCUT2D eigenvalue weighted by Gasteiger charge is -2.38. The highest BCUT2D eigenvalue weighted by Gasteiger charge is 2.53. The van der Waals surface area contributed by atoms with Gasteiger partial charge in [0, 0.05) is 31.4 Å². The van der Waals surface area contributed by atoms with E-state index < -0.39 is 66.1 Å². The Bertz CT molecular complexity index is 977. The molecular formula is C19H18F6N4O4. The van der Waals surface area contributed by atoms with Crippen molar-refractivity contribution >= 4 is 17.7 Å². The van der Waals surface area contributed by atoms with E-state index in [1.807, 2.05) is 0 Å². The van der Waals surface area contributed by atoms with E-state index in [1.54, 1.807) is 0 Å². The Morgan fingerprint density at radius 3 is 2.33 bits per heavy atom. The van der Waals surface area contributed by atoms with Crippen molar-refractivity contribution in [2.24, 2.45) is 0 Å². The topological polar surface area (TPSA) is 97.1 Å². The van der Waals surface area contributed by atoms with Crippen LogP contribution in [0.5, 0.6) is 0 Å². The molecule has 180 valence electrons. The van der Waals surface area contributed by atoms with Gasteiger partial charge in [0.25, 0.3) is 5.91 Å². The van der Waals surface area contributed by atoms with E-state index in [0.29, 0.717) is 11.0 Å². The zero-order chi connectivity index (χ0) is 24.7. The molecule has 14 heteroatoms. The van der Waals surface area contributed by atoms with Gasteiger partial charge < -0.3 is 24.5 Å². The van der Waals surface area contributed by atoms with Crippen molar-refractivity contribution in [2.45, 2.75) is 37.7 Å². The average molecular weight is 480 g/mol. The summed E-state index contributed by atoms with van der Waals surface area (Å²) in [6.45, 7) is 0.660. The zero-order valence-corrected chi connectivity index (χ0v) is 17.0. The molecule has 0 spiro atoms. The van der Waals surface area contributed by atoms with Crippen LogP contribution in [0.1, 0.15) is 18.1 Å². The van der Waals surface area contributed by atoms with Crippen LogP contribution in [0.4, 0.5) is 36.8 Å². The lowest BCUT2D eigenvalue weighted by molar-refractivity contribution is -0.215. The molecule has 0 aromatic heterocycles. The molecule has 33 heavy (non-hydrogen) atoms. The van der Waals surface area contributed by atoms with Crippen LogP contribution in [-0.4, -0.2) is 77.6 Å². The van der Waals surface area contributed by atoms with E-state index in [9.17, 15) is 35.9 Å². The van der Waals surface area contributed by atoms with Gasteiger partial charge in [-0.25, -0.2) is 4.79 Å². The van der Waals surface area contributed by atoms with Gasteiger partial charge in [-0.1, -0.05) is 0 Å². The second-order valence-electron chi connectivity index (χ2n) is 7.62. The SMILES string of the molecule is CC1CN(C(=O)[C@@H]2CN(c3ccc(C#N)c(C(F)(F)F)c3)[C@@H](C(F)(F)F)O2)CCN1C(=O)O. The number of nitriles is 1. The first-order valence-electron chi connectivity index (χ1n) is 9.62. The number of alkyl halides is 6. The van der Waals surface area contributed by atoms with Crippen molar-refractivity contribution < 1.29 is 45.8 Å². The number of carboxylic acid groups (broad SMARTS) is 1. The number of rotatable bonds is 2. The summed E-state index contributed by atoms with van der Waals surface area (Å²) in [5.41, 5.74) is -2.67. The Balaban J connectivity index is 1.87. The van der Waals surface area contributed by atoms with E-state index in [-0.39, 0.29) is 19.6 Å². The Morgan fingerprint density at radius 2 is 1.82 bits per heavy atom. The molecule has 0 radical (unpaired) electrons. The number of carbonyl (C=O) groups excluding carboxylic acids is 1. The minimum absolute atomic E-state index is 0.0497. The average Bonchev–Trinajstić information content (AvgIpc) is 3.17. The highest BCUT2D eigenvalue weighted by atomic mass is 19.4. The van der Waals surface area contributed by atoms with Gasteiger partial charge in [-0.3, -0.25) is 4.79 Å². The van der Waals surface area contributed by atoms with Crippen LogP contribution < -0.4 is 4.90 Å². The van der Waals surface area contributed by atoms with Crippen LogP contribution in [0.3, 0.4) is 0 Å². The molecule has 3 rings (SSSR count). The summed E-state index contributed by atoms with van der Waals surface area (Å²) < 4.78 is 85.6. The van der Waals surface area contributed by atoms with Gasteiger partial charge in [0.15, 0.2) is 6.10 Å². The molecule has 1 aromatic carbocycles. The van der Waals surface area contributed by atoms with Crippen molar-refractivity contribution in [1.82, 2.24) is 9.80 Å². The first-order chi connectivity index (χ1) is 15.2. The number of carbonyl (C=O) groups is 2. The van der Waals surface area contributed by atoms with Gasteiger partial charge in [-0.05, 0) is 25.1 Å². The van der Waals surface area contributed by atoms with Gasteiger partial charge in [0.1, 0.15) is 0 Å². The normalized spacial score (nSPS) is 24.1. The van der Waals surface area contributed by atoms with Gasteiger partial charge in [0.2, 0.25) is 6.23 Å². The summed E-state index contributed by atoms with van der Waals surface area (Å²) in [7, 11) is 0. The molecule has 2 heterocycles. The Labute approximate surface area is 183 Å². The molecule has 3 atom stereocenters. The second kappa shape index (κ2) is 8.62. The number of anilines is 1. The third kappa shape index (κ3) is 4.92. The molecule has 1 N–H and O–H groups in total. The van der Waals surface area contributed by atoms with Crippen molar-refractivity contribution in [3.05, 3.63) is 29.3 Å². The fourth-order valence-electron chi connectivity index (χ4n) is 3.87. The summed E-state index contributed by atoms with van der Waals surface area (Å²) in [6.07, 6.45) is -15.5.